The number of imidazole rings is 1. The standard InChI is InChI=1S/C39H37N5O7/c1-47-38(48-2)20-18-29(19-21-38)39(27-14-8-4-9-15-27,28-16-10-5-11-17-28)50-23-37-22-49-31(32(37)45)36(51-37)44-25-42-30-33(40-24-41-34(30)44)43-35(46)26-12-6-3-7-13-26/h3-20,24-25,31-32,36,45H,21-23H2,1-2H3,(H,40,41,43,46)/t31-,32+,36-,37-/m1/s1. The van der Waals surface area contributed by atoms with Crippen molar-refractivity contribution in [2.75, 3.05) is 32.8 Å². The second-order valence-electron chi connectivity index (χ2n) is 12.8. The molecule has 12 nitrogen and oxygen atoms in total. The smallest absolute Gasteiger partial charge is 0.256 e. The molecule has 5 aromatic rings. The van der Waals surface area contributed by atoms with Gasteiger partial charge in [0, 0.05) is 26.2 Å². The Morgan fingerprint density at radius 3 is 2.25 bits per heavy atom. The average molecular weight is 688 g/mol. The normalized spacial score (nSPS) is 23.7. The van der Waals surface area contributed by atoms with Gasteiger partial charge in [0.1, 0.15) is 29.7 Å². The molecule has 2 aromatic heterocycles. The van der Waals surface area contributed by atoms with Gasteiger partial charge in [0.15, 0.2) is 29.0 Å². The molecule has 2 bridgehead atoms. The summed E-state index contributed by atoms with van der Waals surface area (Å²) in [4.78, 5) is 26.2. The van der Waals surface area contributed by atoms with Crippen molar-refractivity contribution in [2.45, 2.75) is 41.8 Å². The van der Waals surface area contributed by atoms with Crippen LogP contribution in [0.15, 0.2) is 127 Å². The Kier molecular flexibility index (Phi) is 8.58. The minimum Gasteiger partial charge on any atom is -0.387 e. The van der Waals surface area contributed by atoms with Crippen LogP contribution in [0.5, 0.6) is 0 Å². The van der Waals surface area contributed by atoms with Gasteiger partial charge in [-0.3, -0.25) is 9.36 Å². The number of hydrogen-bond acceptors (Lipinski definition) is 10. The van der Waals surface area contributed by atoms with E-state index in [1.807, 2.05) is 78.9 Å². The van der Waals surface area contributed by atoms with Crippen LogP contribution in [0.2, 0.25) is 0 Å². The number of carbonyl (C=O) groups excluding carboxylic acids is 1. The molecule has 2 saturated heterocycles. The van der Waals surface area contributed by atoms with E-state index in [1.54, 1.807) is 49.4 Å². The molecule has 1 aliphatic carbocycles. The largest absolute Gasteiger partial charge is 0.387 e. The van der Waals surface area contributed by atoms with Crippen LogP contribution in [0, 0.1) is 0 Å². The second kappa shape index (κ2) is 13.2. The number of carbonyl (C=O) groups is 1. The molecule has 4 atom stereocenters. The number of aliphatic hydroxyl groups is 1. The molecule has 2 aliphatic heterocycles. The first-order valence-corrected chi connectivity index (χ1v) is 16.7. The van der Waals surface area contributed by atoms with Crippen molar-refractivity contribution in [2.24, 2.45) is 0 Å². The van der Waals surface area contributed by atoms with Gasteiger partial charge in [-0.25, -0.2) is 15.0 Å². The van der Waals surface area contributed by atoms with E-state index < -0.39 is 35.4 Å². The van der Waals surface area contributed by atoms with Crippen molar-refractivity contribution < 1.29 is 33.6 Å². The molecule has 0 unspecified atom stereocenters. The van der Waals surface area contributed by atoms with Gasteiger partial charge in [0.05, 0.1) is 19.5 Å². The second-order valence-corrected chi connectivity index (χ2v) is 12.8. The predicted molar refractivity (Wildman–Crippen MR) is 187 cm³/mol. The van der Waals surface area contributed by atoms with Crippen LogP contribution < -0.4 is 5.32 Å². The number of benzene rings is 3. The third-order valence-corrected chi connectivity index (χ3v) is 10.0. The Labute approximate surface area is 294 Å². The number of fused-ring (bicyclic) bond motifs is 3. The number of nitrogens with zero attached hydrogens (tertiary/aromatic N) is 4. The van der Waals surface area contributed by atoms with Crippen molar-refractivity contribution >= 4 is 22.9 Å². The number of rotatable bonds is 11. The number of aliphatic hydroxyl groups excluding tert-OH is 1. The van der Waals surface area contributed by atoms with Gasteiger partial charge in [-0.05, 0) is 34.9 Å². The van der Waals surface area contributed by atoms with E-state index >= 15 is 0 Å². The number of anilines is 1. The van der Waals surface area contributed by atoms with Crippen LogP contribution in [-0.2, 0) is 29.3 Å². The molecular weight excluding hydrogens is 650 g/mol. The average Bonchev–Trinajstić information content (AvgIpc) is 3.85. The summed E-state index contributed by atoms with van der Waals surface area (Å²) in [5.74, 6) is -0.965. The maximum atomic E-state index is 12.9. The van der Waals surface area contributed by atoms with Crippen LogP contribution in [0.3, 0.4) is 0 Å². The lowest BCUT2D eigenvalue weighted by molar-refractivity contribution is -0.202. The highest BCUT2D eigenvalue weighted by molar-refractivity contribution is 6.06. The summed E-state index contributed by atoms with van der Waals surface area (Å²) < 4.78 is 33.2. The summed E-state index contributed by atoms with van der Waals surface area (Å²) in [6, 6.07) is 28.8. The van der Waals surface area contributed by atoms with Crippen molar-refractivity contribution in [1.29, 1.82) is 0 Å². The lowest BCUT2D eigenvalue weighted by Crippen LogP contribution is -2.48. The van der Waals surface area contributed by atoms with Gasteiger partial charge in [0.25, 0.3) is 5.91 Å². The Hall–Kier alpha value is -5.08. The van der Waals surface area contributed by atoms with E-state index in [1.165, 1.54) is 6.33 Å². The van der Waals surface area contributed by atoms with Gasteiger partial charge in [-0.15, -0.1) is 0 Å². The topological polar surface area (TPSA) is 139 Å². The minimum absolute atomic E-state index is 0.0180. The van der Waals surface area contributed by atoms with E-state index in [9.17, 15) is 9.90 Å². The molecule has 0 spiro atoms. The molecule has 4 heterocycles. The van der Waals surface area contributed by atoms with Crippen molar-refractivity contribution in [3.8, 4) is 0 Å². The van der Waals surface area contributed by atoms with E-state index in [2.05, 4.69) is 26.3 Å². The summed E-state index contributed by atoms with van der Waals surface area (Å²) in [5, 5.41) is 14.6. The minimum atomic E-state index is -1.22. The number of amides is 1. The molecule has 0 saturated carbocycles. The highest BCUT2D eigenvalue weighted by atomic mass is 16.7. The highest BCUT2D eigenvalue weighted by Gasteiger charge is 2.63. The number of nitrogens with one attached hydrogen (secondary N) is 1. The zero-order valence-corrected chi connectivity index (χ0v) is 28.1. The Morgan fingerprint density at radius 1 is 0.961 bits per heavy atom. The van der Waals surface area contributed by atoms with Gasteiger partial charge in [-0.2, -0.15) is 0 Å². The Balaban J connectivity index is 1.12. The zero-order chi connectivity index (χ0) is 35.1. The third-order valence-electron chi connectivity index (χ3n) is 10.0. The summed E-state index contributed by atoms with van der Waals surface area (Å²) in [6.45, 7) is 0.0934. The fraction of sp³-hybridized carbons (Fsp3) is 0.282. The predicted octanol–water partition coefficient (Wildman–Crippen LogP) is 4.94. The molecular formula is C39H37N5O7. The summed E-state index contributed by atoms with van der Waals surface area (Å²) in [6.07, 6.45) is 6.76. The van der Waals surface area contributed by atoms with Crippen LogP contribution in [0.4, 0.5) is 5.82 Å². The zero-order valence-electron chi connectivity index (χ0n) is 28.1. The van der Waals surface area contributed by atoms with Crippen LogP contribution in [-0.4, -0.2) is 81.6 Å². The molecule has 1 amide bonds. The SMILES string of the molecule is COC1(OC)C=CC(C(OC[C@@]23CO[C@@H]([C@H](n4cnc5c(NC(=O)c6ccccc6)ncnc54)O2)[C@@H]3O)(c2ccccc2)c2ccccc2)=CC1. The molecule has 3 aromatic carbocycles. The van der Waals surface area contributed by atoms with Crippen molar-refractivity contribution in [1.82, 2.24) is 19.5 Å². The fourth-order valence-corrected chi connectivity index (χ4v) is 7.22. The van der Waals surface area contributed by atoms with Crippen molar-refractivity contribution in [3.63, 3.8) is 0 Å². The summed E-state index contributed by atoms with van der Waals surface area (Å²) in [7, 11) is 3.24. The molecule has 12 heteroatoms. The molecule has 0 radical (unpaired) electrons. The quantitative estimate of drug-likeness (QED) is 0.184. The number of methoxy groups -OCH3 is 2. The van der Waals surface area contributed by atoms with Crippen LogP contribution in [0.25, 0.3) is 11.2 Å². The van der Waals surface area contributed by atoms with Crippen LogP contribution >= 0.6 is 0 Å². The lowest BCUT2D eigenvalue weighted by Gasteiger charge is -2.41. The van der Waals surface area contributed by atoms with E-state index in [-0.39, 0.29) is 24.9 Å². The Morgan fingerprint density at radius 2 is 1.63 bits per heavy atom. The first-order chi connectivity index (χ1) is 24.9. The molecule has 260 valence electrons. The molecule has 3 aliphatic rings. The summed E-state index contributed by atoms with van der Waals surface area (Å²) in [5.41, 5.74) is 1.62. The first-order valence-electron chi connectivity index (χ1n) is 16.7. The van der Waals surface area contributed by atoms with E-state index in [4.69, 9.17) is 23.7 Å². The fourth-order valence-electron chi connectivity index (χ4n) is 7.22. The maximum absolute atomic E-state index is 12.9. The number of aromatic nitrogens is 4. The molecule has 51 heavy (non-hydrogen) atoms. The lowest BCUT2D eigenvalue weighted by atomic mass is 9.77. The molecule has 8 rings (SSSR count). The highest BCUT2D eigenvalue weighted by Crippen LogP contribution is 2.49. The van der Waals surface area contributed by atoms with Gasteiger partial charge in [-0.1, -0.05) is 91.0 Å². The summed E-state index contributed by atoms with van der Waals surface area (Å²) >= 11 is 0. The first kappa shape index (κ1) is 33.1. The maximum Gasteiger partial charge on any atom is 0.256 e. The monoisotopic (exact) mass is 687 g/mol. The van der Waals surface area contributed by atoms with Gasteiger partial charge >= 0.3 is 0 Å². The number of hydrogen-bond donors (Lipinski definition) is 2. The molecule has 2 N–H and O–H groups in total. The number of ether oxygens (including phenoxy) is 5. The van der Waals surface area contributed by atoms with Crippen LogP contribution in [0.1, 0.15) is 34.1 Å². The van der Waals surface area contributed by atoms with Crippen molar-refractivity contribution in [3.05, 3.63) is 144 Å². The Bertz CT molecular complexity index is 2050. The van der Waals surface area contributed by atoms with Gasteiger partial charge in [0.2, 0.25) is 0 Å². The van der Waals surface area contributed by atoms with Gasteiger partial charge < -0.3 is 34.1 Å². The third kappa shape index (κ3) is 5.57. The molecule has 2 fully saturated rings. The van der Waals surface area contributed by atoms with E-state index in [0.29, 0.717) is 23.1 Å². The van der Waals surface area contributed by atoms with E-state index in [0.717, 1.165) is 16.7 Å².